The van der Waals surface area contributed by atoms with Crippen molar-refractivity contribution >= 4 is 16.6 Å². The molecule has 0 aliphatic heterocycles. The molecule has 168 valence electrons. The molecule has 33 heavy (non-hydrogen) atoms. The number of anilines is 1. The van der Waals surface area contributed by atoms with Crippen molar-refractivity contribution in [1.82, 2.24) is 19.7 Å². The molecule has 0 amide bonds. The Labute approximate surface area is 191 Å². The third kappa shape index (κ3) is 2.88. The predicted molar refractivity (Wildman–Crippen MR) is 126 cm³/mol. The first-order valence-electron chi connectivity index (χ1n) is 11.4. The van der Waals surface area contributed by atoms with Crippen LogP contribution in [0.15, 0.2) is 51.8 Å². The molecular weight excluding hydrogens is 414 g/mol. The molecule has 0 unspecified atom stereocenters. The number of rotatable bonds is 5. The third-order valence-corrected chi connectivity index (χ3v) is 7.46. The lowest BCUT2D eigenvalue weighted by molar-refractivity contribution is -0.0966. The van der Waals surface area contributed by atoms with Crippen LogP contribution in [0.25, 0.3) is 10.9 Å². The molecular formula is C26H27N5O2. The third-order valence-electron chi connectivity index (χ3n) is 7.46. The summed E-state index contributed by atoms with van der Waals surface area (Å²) in [4.78, 5) is 23.1. The number of fused-ring (bicyclic) bond motifs is 1. The summed E-state index contributed by atoms with van der Waals surface area (Å²) in [5.41, 5.74) is 3.81. The zero-order chi connectivity index (χ0) is 23.0. The molecule has 0 saturated heterocycles. The zero-order valence-corrected chi connectivity index (χ0v) is 19.3. The fourth-order valence-electron chi connectivity index (χ4n) is 5.98. The highest BCUT2D eigenvalue weighted by molar-refractivity contribution is 5.83. The van der Waals surface area contributed by atoms with Crippen LogP contribution in [0.1, 0.15) is 60.9 Å². The Bertz CT molecular complexity index is 1430. The normalized spacial score (nSPS) is 24.2. The second-order valence-electron chi connectivity index (χ2n) is 10.0. The fourth-order valence-corrected chi connectivity index (χ4v) is 5.98. The molecule has 0 spiro atoms. The van der Waals surface area contributed by atoms with E-state index in [4.69, 9.17) is 9.51 Å². The van der Waals surface area contributed by atoms with Crippen molar-refractivity contribution in [3.8, 4) is 0 Å². The van der Waals surface area contributed by atoms with Gasteiger partial charge in [-0.3, -0.25) is 9.36 Å². The number of hydrogen-bond acceptors (Lipinski definition) is 6. The van der Waals surface area contributed by atoms with Crippen molar-refractivity contribution in [2.24, 2.45) is 7.05 Å². The van der Waals surface area contributed by atoms with Crippen molar-refractivity contribution < 1.29 is 4.52 Å². The van der Waals surface area contributed by atoms with Gasteiger partial charge in [-0.15, -0.1) is 0 Å². The highest BCUT2D eigenvalue weighted by atomic mass is 16.5. The average molecular weight is 442 g/mol. The molecule has 2 aromatic carbocycles. The zero-order valence-electron chi connectivity index (χ0n) is 19.3. The quantitative estimate of drug-likeness (QED) is 0.491. The van der Waals surface area contributed by atoms with E-state index < -0.39 is 0 Å². The smallest absolute Gasteiger partial charge is 0.261 e. The Hall–Kier alpha value is -3.48. The minimum Gasteiger partial charge on any atom is -0.378 e. The van der Waals surface area contributed by atoms with Gasteiger partial charge in [-0.25, -0.2) is 4.98 Å². The van der Waals surface area contributed by atoms with Crippen LogP contribution in [0.5, 0.6) is 0 Å². The molecule has 4 aromatic rings. The van der Waals surface area contributed by atoms with Crippen LogP contribution in [-0.4, -0.2) is 19.7 Å². The minimum absolute atomic E-state index is 0.00277. The molecule has 7 nitrogen and oxygen atoms in total. The van der Waals surface area contributed by atoms with Gasteiger partial charge in [0.1, 0.15) is 5.82 Å². The van der Waals surface area contributed by atoms with Crippen molar-refractivity contribution in [2.75, 3.05) is 5.32 Å². The van der Waals surface area contributed by atoms with Crippen molar-refractivity contribution in [1.29, 1.82) is 0 Å². The van der Waals surface area contributed by atoms with Crippen LogP contribution in [0.2, 0.25) is 0 Å². The van der Waals surface area contributed by atoms with Gasteiger partial charge >= 0.3 is 0 Å². The Kier molecular flexibility index (Phi) is 4.13. The molecule has 3 aliphatic rings. The van der Waals surface area contributed by atoms with Gasteiger partial charge in [0, 0.05) is 23.7 Å². The van der Waals surface area contributed by atoms with E-state index in [1.807, 2.05) is 57.3 Å². The Morgan fingerprint density at radius 1 is 1.06 bits per heavy atom. The summed E-state index contributed by atoms with van der Waals surface area (Å²) in [7, 11) is 1.85. The van der Waals surface area contributed by atoms with Gasteiger partial charge in [0.25, 0.3) is 5.56 Å². The highest BCUT2D eigenvalue weighted by Gasteiger charge is 2.73. The number of nitrogens with zero attached hydrogens (tertiary/aromatic N) is 4. The van der Waals surface area contributed by atoms with E-state index >= 15 is 0 Å². The number of aryl methyl sites for hydroxylation is 2. The first-order chi connectivity index (χ1) is 15.8. The maximum Gasteiger partial charge on any atom is 0.261 e. The molecule has 1 atom stereocenters. The lowest BCUT2D eigenvalue weighted by atomic mass is 9.34. The van der Waals surface area contributed by atoms with Crippen LogP contribution < -0.4 is 10.9 Å². The number of benzene rings is 2. The fraction of sp³-hybridized carbons (Fsp3) is 0.385. The first-order valence-corrected chi connectivity index (χ1v) is 11.4. The Balaban J connectivity index is 1.41. The summed E-state index contributed by atoms with van der Waals surface area (Å²) >= 11 is 0. The molecule has 7 rings (SSSR count). The summed E-state index contributed by atoms with van der Waals surface area (Å²) in [6.07, 6.45) is 2.69. The summed E-state index contributed by atoms with van der Waals surface area (Å²) in [5, 5.41) is 8.20. The van der Waals surface area contributed by atoms with Crippen LogP contribution in [0.4, 0.5) is 5.69 Å². The molecule has 2 heterocycles. The summed E-state index contributed by atoms with van der Waals surface area (Å²) in [5.74, 6) is 2.26. The standard InChI is InChI=1S/C26H27N5O2/c1-15-10-19(16(2)27-18-8-6-5-7-9-18)21-20(11-15)22(32)31(4)23(29-21)25-12-26(13-25,14-25)24-28-17(3)30-33-24/h5-11,16,27H,12-14H2,1-4H3/t16-,25?,26?/m1/s1. The van der Waals surface area contributed by atoms with E-state index in [-0.39, 0.29) is 22.4 Å². The van der Waals surface area contributed by atoms with E-state index in [1.165, 1.54) is 0 Å². The summed E-state index contributed by atoms with van der Waals surface area (Å²) in [6, 6.07) is 14.2. The van der Waals surface area contributed by atoms with E-state index in [0.29, 0.717) is 11.2 Å². The van der Waals surface area contributed by atoms with Crippen LogP contribution >= 0.6 is 0 Å². The lowest BCUT2D eigenvalue weighted by Gasteiger charge is -2.68. The largest absolute Gasteiger partial charge is 0.378 e. The van der Waals surface area contributed by atoms with Gasteiger partial charge in [0.15, 0.2) is 5.82 Å². The number of hydrogen-bond donors (Lipinski definition) is 1. The van der Waals surface area contributed by atoms with Crippen LogP contribution in [-0.2, 0) is 17.9 Å². The molecule has 2 bridgehead atoms. The molecule has 3 fully saturated rings. The van der Waals surface area contributed by atoms with Crippen molar-refractivity contribution in [2.45, 2.75) is 56.9 Å². The van der Waals surface area contributed by atoms with E-state index in [0.717, 1.165) is 53.3 Å². The lowest BCUT2D eigenvalue weighted by Crippen LogP contribution is -2.68. The minimum atomic E-state index is -0.0945. The number of para-hydroxylation sites is 1. The Morgan fingerprint density at radius 3 is 2.45 bits per heavy atom. The molecule has 3 saturated carbocycles. The van der Waals surface area contributed by atoms with E-state index in [2.05, 4.69) is 28.4 Å². The SMILES string of the molecule is Cc1cc([C@@H](C)Nc2ccccc2)c2nc(C34CC(c5nc(C)no5)(C3)C4)n(C)c(=O)c2c1. The monoisotopic (exact) mass is 441 g/mol. The molecule has 2 aromatic heterocycles. The predicted octanol–water partition coefficient (Wildman–Crippen LogP) is 4.48. The van der Waals surface area contributed by atoms with Gasteiger partial charge in [0.2, 0.25) is 5.89 Å². The second-order valence-corrected chi connectivity index (χ2v) is 10.0. The van der Waals surface area contributed by atoms with Gasteiger partial charge in [-0.05, 0) is 63.8 Å². The summed E-state index contributed by atoms with van der Waals surface area (Å²) in [6.45, 7) is 5.99. The maximum absolute atomic E-state index is 13.5. The van der Waals surface area contributed by atoms with Gasteiger partial charge in [-0.1, -0.05) is 29.4 Å². The first kappa shape index (κ1) is 20.1. The molecule has 1 N–H and O–H groups in total. The maximum atomic E-state index is 13.5. The topological polar surface area (TPSA) is 85.8 Å². The van der Waals surface area contributed by atoms with Gasteiger partial charge in [-0.2, -0.15) is 4.98 Å². The van der Waals surface area contributed by atoms with Crippen molar-refractivity contribution in [3.05, 3.63) is 81.5 Å². The van der Waals surface area contributed by atoms with E-state index in [1.54, 1.807) is 4.57 Å². The molecule has 3 aliphatic carbocycles. The Morgan fingerprint density at radius 2 is 1.79 bits per heavy atom. The second kappa shape index (κ2) is 6.76. The summed E-state index contributed by atoms with van der Waals surface area (Å²) < 4.78 is 7.23. The van der Waals surface area contributed by atoms with Crippen LogP contribution in [0.3, 0.4) is 0 Å². The van der Waals surface area contributed by atoms with Crippen LogP contribution in [0, 0.1) is 13.8 Å². The number of nitrogens with one attached hydrogen (secondary N) is 1. The number of aromatic nitrogens is 4. The molecule has 0 radical (unpaired) electrons. The van der Waals surface area contributed by atoms with Crippen molar-refractivity contribution in [3.63, 3.8) is 0 Å². The van der Waals surface area contributed by atoms with E-state index in [9.17, 15) is 4.79 Å². The van der Waals surface area contributed by atoms with Gasteiger partial charge in [0.05, 0.1) is 22.4 Å². The highest BCUT2D eigenvalue weighted by Crippen LogP contribution is 2.73. The average Bonchev–Trinajstić information content (AvgIpc) is 3.16. The molecule has 7 heteroatoms. The van der Waals surface area contributed by atoms with Gasteiger partial charge < -0.3 is 9.84 Å².